The van der Waals surface area contributed by atoms with Gasteiger partial charge in [0.15, 0.2) is 10.2 Å². The highest BCUT2D eigenvalue weighted by Crippen LogP contribution is 2.18. The van der Waals surface area contributed by atoms with E-state index in [9.17, 15) is 9.59 Å². The van der Waals surface area contributed by atoms with Crippen LogP contribution < -0.4 is 16.0 Å². The van der Waals surface area contributed by atoms with Gasteiger partial charge in [0.1, 0.15) is 6.04 Å². The van der Waals surface area contributed by atoms with E-state index in [1.807, 2.05) is 20.8 Å². The number of thioether (sulfide) groups is 1. The van der Waals surface area contributed by atoms with Crippen molar-refractivity contribution < 1.29 is 9.59 Å². The molecule has 1 fully saturated rings. The summed E-state index contributed by atoms with van der Waals surface area (Å²) in [5.41, 5.74) is -0.138. The van der Waals surface area contributed by atoms with Crippen molar-refractivity contribution in [1.82, 2.24) is 16.0 Å². The maximum Gasteiger partial charge on any atom is 0.242 e. The van der Waals surface area contributed by atoms with Gasteiger partial charge in [0.25, 0.3) is 0 Å². The zero-order chi connectivity index (χ0) is 19.6. The summed E-state index contributed by atoms with van der Waals surface area (Å²) in [5, 5.41) is 10.3. The number of rotatable bonds is 9. The van der Waals surface area contributed by atoms with Gasteiger partial charge in [-0.2, -0.15) is 0 Å². The summed E-state index contributed by atoms with van der Waals surface area (Å²) >= 11 is 6.76. The first-order chi connectivity index (χ1) is 12.2. The summed E-state index contributed by atoms with van der Waals surface area (Å²) in [7, 11) is 0. The first-order valence-electron chi connectivity index (χ1n) is 9.70. The molecule has 0 aliphatic heterocycles. The fourth-order valence-electron chi connectivity index (χ4n) is 3.02. The minimum Gasteiger partial charge on any atom is -0.358 e. The van der Waals surface area contributed by atoms with Crippen LogP contribution in [0.4, 0.5) is 0 Å². The second-order valence-electron chi connectivity index (χ2n) is 8.08. The normalized spacial score (nSPS) is 16.2. The van der Waals surface area contributed by atoms with Gasteiger partial charge in [0.2, 0.25) is 5.91 Å². The quantitative estimate of drug-likeness (QED) is 0.406. The predicted molar refractivity (Wildman–Crippen MR) is 114 cm³/mol. The summed E-state index contributed by atoms with van der Waals surface area (Å²) in [6.45, 7) is 7.73. The summed E-state index contributed by atoms with van der Waals surface area (Å²) < 4.78 is 0. The first kappa shape index (κ1) is 23.2. The van der Waals surface area contributed by atoms with E-state index in [-0.39, 0.29) is 22.6 Å². The number of carbonyl (C=O) groups excluding carboxylic acids is 2. The van der Waals surface area contributed by atoms with Gasteiger partial charge in [0, 0.05) is 24.3 Å². The lowest BCUT2D eigenvalue weighted by Crippen LogP contribution is -2.54. The second kappa shape index (κ2) is 11.8. The number of amides is 1. The second-order valence-corrected chi connectivity index (χ2v) is 9.76. The molecule has 0 radical (unpaired) electrons. The van der Waals surface area contributed by atoms with E-state index < -0.39 is 0 Å². The van der Waals surface area contributed by atoms with E-state index in [0.717, 1.165) is 44.3 Å². The van der Waals surface area contributed by atoms with Gasteiger partial charge < -0.3 is 16.0 Å². The van der Waals surface area contributed by atoms with Crippen LogP contribution in [0.3, 0.4) is 0 Å². The molecule has 0 aromatic rings. The lowest BCUT2D eigenvalue weighted by atomic mass is 10.1. The number of hydrogen-bond acceptors (Lipinski definition) is 4. The van der Waals surface area contributed by atoms with E-state index in [1.165, 1.54) is 24.6 Å². The Morgan fingerprint density at radius 1 is 1.15 bits per heavy atom. The van der Waals surface area contributed by atoms with Crippen molar-refractivity contribution in [3.63, 3.8) is 0 Å². The molecule has 0 spiro atoms. The molecule has 1 atom stereocenters. The van der Waals surface area contributed by atoms with Gasteiger partial charge in [-0.05, 0) is 58.7 Å². The van der Waals surface area contributed by atoms with Crippen LogP contribution in [0.5, 0.6) is 0 Å². The zero-order valence-electron chi connectivity index (χ0n) is 16.7. The molecule has 7 heteroatoms. The Kier molecular flexibility index (Phi) is 10.5. The Morgan fingerprint density at radius 2 is 1.81 bits per heavy atom. The van der Waals surface area contributed by atoms with Crippen LogP contribution in [0.15, 0.2) is 0 Å². The molecular weight excluding hydrogens is 366 g/mol. The van der Waals surface area contributed by atoms with Crippen LogP contribution in [-0.2, 0) is 9.59 Å². The molecule has 0 heterocycles. The smallest absolute Gasteiger partial charge is 0.242 e. The molecule has 0 unspecified atom stereocenters. The molecule has 1 saturated carbocycles. The molecular formula is C19H35N3O2S2. The highest BCUT2D eigenvalue weighted by atomic mass is 32.2. The van der Waals surface area contributed by atoms with E-state index in [4.69, 9.17) is 12.2 Å². The van der Waals surface area contributed by atoms with Crippen molar-refractivity contribution in [2.45, 2.75) is 96.7 Å². The lowest BCUT2D eigenvalue weighted by molar-refractivity contribution is -0.123. The summed E-state index contributed by atoms with van der Waals surface area (Å²) in [5.74, 6) is 0.902. The van der Waals surface area contributed by atoms with E-state index in [0.29, 0.717) is 11.2 Å². The molecule has 150 valence electrons. The molecule has 5 nitrogen and oxygen atoms in total. The summed E-state index contributed by atoms with van der Waals surface area (Å²) in [6.07, 6.45) is 8.22. The molecule has 0 saturated heterocycles. The third kappa shape index (κ3) is 11.0. The van der Waals surface area contributed by atoms with E-state index in [2.05, 4.69) is 16.0 Å². The molecule has 0 bridgehead atoms. The number of unbranched alkanes of at least 4 members (excludes halogenated alkanes) is 2. The van der Waals surface area contributed by atoms with Crippen molar-refractivity contribution in [3.05, 3.63) is 0 Å². The van der Waals surface area contributed by atoms with Crippen molar-refractivity contribution in [2.75, 3.05) is 5.75 Å². The number of hydrogen-bond donors (Lipinski definition) is 3. The van der Waals surface area contributed by atoms with Crippen LogP contribution in [0, 0.1) is 0 Å². The molecule has 1 aliphatic rings. The maximum atomic E-state index is 12.7. The lowest BCUT2D eigenvalue weighted by Gasteiger charge is -2.27. The monoisotopic (exact) mass is 401 g/mol. The van der Waals surface area contributed by atoms with Crippen LogP contribution >= 0.6 is 24.0 Å². The Hall–Kier alpha value is -0.820. The fraction of sp³-hybridized carbons (Fsp3) is 0.842. The first-order valence-corrected chi connectivity index (χ1v) is 11.1. The summed E-state index contributed by atoms with van der Waals surface area (Å²) in [4.78, 5) is 23.7. The van der Waals surface area contributed by atoms with Crippen LogP contribution in [0.1, 0.15) is 79.1 Å². The highest BCUT2D eigenvalue weighted by Gasteiger charge is 2.24. The average molecular weight is 402 g/mol. The molecule has 1 amide bonds. The van der Waals surface area contributed by atoms with Gasteiger partial charge in [-0.1, -0.05) is 37.4 Å². The van der Waals surface area contributed by atoms with E-state index >= 15 is 0 Å². The zero-order valence-corrected chi connectivity index (χ0v) is 18.3. The highest BCUT2D eigenvalue weighted by molar-refractivity contribution is 8.13. The third-order valence-corrected chi connectivity index (χ3v) is 5.37. The fourth-order valence-corrected chi connectivity index (χ4v) is 4.10. The van der Waals surface area contributed by atoms with E-state index in [1.54, 1.807) is 6.92 Å². The Balaban J connectivity index is 2.46. The van der Waals surface area contributed by atoms with Gasteiger partial charge >= 0.3 is 0 Å². The molecule has 0 aromatic carbocycles. The van der Waals surface area contributed by atoms with Crippen molar-refractivity contribution in [3.8, 4) is 0 Å². The Morgan fingerprint density at radius 3 is 2.38 bits per heavy atom. The van der Waals surface area contributed by atoms with Crippen molar-refractivity contribution in [1.29, 1.82) is 0 Å². The molecule has 26 heavy (non-hydrogen) atoms. The Bertz CT molecular complexity index is 472. The predicted octanol–water partition coefficient (Wildman–Crippen LogP) is 3.52. The topological polar surface area (TPSA) is 70.2 Å². The summed E-state index contributed by atoms with van der Waals surface area (Å²) in [6, 6.07) is 0.00123. The van der Waals surface area contributed by atoms with Crippen LogP contribution in [0.2, 0.25) is 0 Å². The minimum absolute atomic E-state index is 0.0491. The van der Waals surface area contributed by atoms with Gasteiger partial charge in [0.05, 0.1) is 0 Å². The molecule has 1 rings (SSSR count). The minimum atomic E-state index is -0.307. The van der Waals surface area contributed by atoms with Gasteiger partial charge in [-0.15, -0.1) is 0 Å². The third-order valence-electron chi connectivity index (χ3n) is 4.25. The molecule has 3 N–H and O–H groups in total. The van der Waals surface area contributed by atoms with Crippen molar-refractivity contribution in [2.24, 2.45) is 0 Å². The SMILES string of the molecule is CC(=O)SCCCCC[C@H](NC(=S)NC(C)(C)C)C(=O)NC1CCCC1. The number of thiocarbonyl (C=S) groups is 1. The van der Waals surface area contributed by atoms with Gasteiger partial charge in [-0.3, -0.25) is 9.59 Å². The molecule has 0 aromatic heterocycles. The van der Waals surface area contributed by atoms with Crippen molar-refractivity contribution >= 4 is 40.1 Å². The number of nitrogens with one attached hydrogen (secondary N) is 3. The Labute approximate surface area is 168 Å². The maximum absolute atomic E-state index is 12.7. The largest absolute Gasteiger partial charge is 0.358 e. The van der Waals surface area contributed by atoms with Crippen LogP contribution in [0.25, 0.3) is 0 Å². The average Bonchev–Trinajstić information content (AvgIpc) is 3.00. The molecule has 1 aliphatic carbocycles. The number of carbonyl (C=O) groups is 2. The van der Waals surface area contributed by atoms with Gasteiger partial charge in [-0.25, -0.2) is 0 Å². The standard InChI is InChI=1S/C19H35N3O2S2/c1-14(23)26-13-9-5-6-12-16(21-18(25)22-19(2,3)4)17(24)20-15-10-7-8-11-15/h15-16H,5-13H2,1-4H3,(H,20,24)(H2,21,22,25)/t16-/m0/s1. The van der Waals surface area contributed by atoms with Crippen LogP contribution in [-0.4, -0.2) is 39.5 Å².